The number of fused-ring (bicyclic) bond motifs is 1. The van der Waals surface area contributed by atoms with E-state index >= 15 is 0 Å². The molecule has 0 aliphatic carbocycles. The van der Waals surface area contributed by atoms with Gasteiger partial charge in [0.15, 0.2) is 0 Å². The van der Waals surface area contributed by atoms with Crippen LogP contribution in [0.15, 0.2) is 28.7 Å². The number of furan rings is 1. The summed E-state index contributed by atoms with van der Waals surface area (Å²) in [6, 6.07) is 7.76. The third kappa shape index (κ3) is 1.39. The minimum absolute atomic E-state index is 0.425. The van der Waals surface area contributed by atoms with Crippen LogP contribution in [0.1, 0.15) is 25.5 Å². The van der Waals surface area contributed by atoms with Gasteiger partial charge in [0, 0.05) is 17.0 Å². The van der Waals surface area contributed by atoms with E-state index in [-0.39, 0.29) is 0 Å². The maximum Gasteiger partial charge on any atom is 0.134 e. The number of hydrogen-bond acceptors (Lipinski definition) is 2. The maximum absolute atomic E-state index is 5.67. The summed E-state index contributed by atoms with van der Waals surface area (Å²) < 4.78 is 5.63. The Labute approximate surface area is 77.3 Å². The lowest BCUT2D eigenvalue weighted by atomic mass is 10.1. The Bertz CT molecular complexity index is 429. The van der Waals surface area contributed by atoms with Crippen LogP contribution in [0, 0.1) is 0 Å². The van der Waals surface area contributed by atoms with Crippen LogP contribution in [0.5, 0.6) is 0 Å². The molecule has 2 N–H and O–H groups in total. The molecule has 0 spiro atoms. The minimum atomic E-state index is 0.425. The molecule has 13 heavy (non-hydrogen) atoms. The number of nitrogens with two attached hydrogens (primary N) is 1. The summed E-state index contributed by atoms with van der Waals surface area (Å²) in [6.07, 6.45) is 0. The summed E-state index contributed by atoms with van der Waals surface area (Å²) in [7, 11) is 0. The lowest BCUT2D eigenvalue weighted by Crippen LogP contribution is -1.81. The molecule has 0 unspecified atom stereocenters. The Morgan fingerprint density at radius 3 is 2.69 bits per heavy atom. The second-order valence-electron chi connectivity index (χ2n) is 3.60. The number of hydrogen-bond donors (Lipinski definition) is 1. The second-order valence-corrected chi connectivity index (χ2v) is 3.60. The fraction of sp³-hybridized carbons (Fsp3) is 0.273. The summed E-state index contributed by atoms with van der Waals surface area (Å²) in [6.45, 7) is 4.22. The quantitative estimate of drug-likeness (QED) is 0.676. The molecule has 2 aromatic rings. The molecule has 0 radical (unpaired) electrons. The molecule has 2 heteroatoms. The zero-order chi connectivity index (χ0) is 9.42. The average Bonchev–Trinajstić information content (AvgIpc) is 2.46. The van der Waals surface area contributed by atoms with Gasteiger partial charge in [-0.15, -0.1) is 0 Å². The van der Waals surface area contributed by atoms with Crippen LogP contribution in [0.3, 0.4) is 0 Å². The van der Waals surface area contributed by atoms with E-state index in [1.807, 2.05) is 18.2 Å². The molecule has 0 saturated heterocycles. The standard InChI is InChI=1S/C11H13NO/c1-7(2)11-6-8-5-9(12)3-4-10(8)13-11/h3-7H,12H2,1-2H3. The molecule has 1 aromatic carbocycles. The number of benzene rings is 1. The molecule has 68 valence electrons. The highest BCUT2D eigenvalue weighted by atomic mass is 16.3. The van der Waals surface area contributed by atoms with Gasteiger partial charge >= 0.3 is 0 Å². The van der Waals surface area contributed by atoms with E-state index in [9.17, 15) is 0 Å². The first-order valence-corrected chi connectivity index (χ1v) is 4.46. The first kappa shape index (κ1) is 8.17. The van der Waals surface area contributed by atoms with E-state index in [4.69, 9.17) is 10.2 Å². The Kier molecular flexibility index (Phi) is 1.76. The van der Waals surface area contributed by atoms with Crippen molar-refractivity contribution in [3.63, 3.8) is 0 Å². The summed E-state index contributed by atoms with van der Waals surface area (Å²) in [5.41, 5.74) is 7.36. The van der Waals surface area contributed by atoms with Crippen LogP contribution >= 0.6 is 0 Å². The lowest BCUT2D eigenvalue weighted by molar-refractivity contribution is 0.522. The Balaban J connectivity index is 2.62. The fourth-order valence-corrected chi connectivity index (χ4v) is 1.37. The molecule has 0 aliphatic heterocycles. The van der Waals surface area contributed by atoms with E-state index in [2.05, 4.69) is 19.9 Å². The number of rotatable bonds is 1. The first-order chi connectivity index (χ1) is 6.16. The Hall–Kier alpha value is -1.44. The van der Waals surface area contributed by atoms with Crippen LogP contribution in [0.25, 0.3) is 11.0 Å². The third-order valence-corrected chi connectivity index (χ3v) is 2.13. The average molecular weight is 175 g/mol. The van der Waals surface area contributed by atoms with Crippen molar-refractivity contribution in [3.8, 4) is 0 Å². The molecule has 0 aliphatic rings. The van der Waals surface area contributed by atoms with Crippen molar-refractivity contribution >= 4 is 16.7 Å². The molecular formula is C11H13NO. The monoisotopic (exact) mass is 175 g/mol. The summed E-state index contributed by atoms with van der Waals surface area (Å²) in [4.78, 5) is 0. The van der Waals surface area contributed by atoms with Crippen LogP contribution in [0.2, 0.25) is 0 Å². The smallest absolute Gasteiger partial charge is 0.134 e. The largest absolute Gasteiger partial charge is 0.461 e. The number of nitrogen functional groups attached to an aromatic ring is 1. The highest BCUT2D eigenvalue weighted by Gasteiger charge is 2.06. The molecule has 0 bridgehead atoms. The van der Waals surface area contributed by atoms with Crippen LogP contribution in [-0.4, -0.2) is 0 Å². The summed E-state index contributed by atoms with van der Waals surface area (Å²) in [5, 5.41) is 1.09. The van der Waals surface area contributed by atoms with Crippen molar-refractivity contribution in [1.82, 2.24) is 0 Å². The second kappa shape index (κ2) is 2.80. The van der Waals surface area contributed by atoms with Crippen LogP contribution in [-0.2, 0) is 0 Å². The van der Waals surface area contributed by atoms with E-state index in [1.165, 1.54) is 0 Å². The summed E-state index contributed by atoms with van der Waals surface area (Å²) in [5.74, 6) is 1.44. The summed E-state index contributed by atoms with van der Waals surface area (Å²) >= 11 is 0. The number of anilines is 1. The van der Waals surface area contributed by atoms with Gasteiger partial charge in [0.2, 0.25) is 0 Å². The van der Waals surface area contributed by atoms with Gasteiger partial charge in [0.1, 0.15) is 11.3 Å². The van der Waals surface area contributed by atoms with Gasteiger partial charge in [-0.2, -0.15) is 0 Å². The van der Waals surface area contributed by atoms with Crippen molar-refractivity contribution in [3.05, 3.63) is 30.0 Å². The van der Waals surface area contributed by atoms with Gasteiger partial charge in [-0.05, 0) is 24.3 Å². The molecule has 0 fully saturated rings. The highest BCUT2D eigenvalue weighted by Crippen LogP contribution is 2.25. The zero-order valence-electron chi connectivity index (χ0n) is 7.87. The zero-order valence-corrected chi connectivity index (χ0v) is 7.87. The predicted octanol–water partition coefficient (Wildman–Crippen LogP) is 3.14. The third-order valence-electron chi connectivity index (χ3n) is 2.13. The van der Waals surface area contributed by atoms with Gasteiger partial charge in [-0.3, -0.25) is 0 Å². The minimum Gasteiger partial charge on any atom is -0.461 e. The van der Waals surface area contributed by atoms with Crippen molar-refractivity contribution in [2.24, 2.45) is 0 Å². The van der Waals surface area contributed by atoms with Crippen molar-refractivity contribution in [2.75, 3.05) is 5.73 Å². The van der Waals surface area contributed by atoms with Crippen molar-refractivity contribution in [2.45, 2.75) is 19.8 Å². The molecule has 2 rings (SSSR count). The van der Waals surface area contributed by atoms with E-state index in [1.54, 1.807) is 0 Å². The van der Waals surface area contributed by atoms with E-state index in [0.29, 0.717) is 5.92 Å². The lowest BCUT2D eigenvalue weighted by Gasteiger charge is -1.95. The van der Waals surface area contributed by atoms with E-state index in [0.717, 1.165) is 22.4 Å². The normalized spacial score (nSPS) is 11.3. The predicted molar refractivity (Wildman–Crippen MR) is 54.7 cm³/mol. The molecule has 1 heterocycles. The molecule has 0 amide bonds. The molecule has 2 nitrogen and oxygen atoms in total. The highest BCUT2D eigenvalue weighted by molar-refractivity contribution is 5.81. The maximum atomic E-state index is 5.67. The topological polar surface area (TPSA) is 39.2 Å². The Morgan fingerprint density at radius 2 is 2.00 bits per heavy atom. The Morgan fingerprint density at radius 1 is 1.23 bits per heavy atom. The van der Waals surface area contributed by atoms with Crippen molar-refractivity contribution in [1.29, 1.82) is 0 Å². The van der Waals surface area contributed by atoms with Gasteiger partial charge in [-0.1, -0.05) is 13.8 Å². The van der Waals surface area contributed by atoms with Gasteiger partial charge in [0.25, 0.3) is 0 Å². The van der Waals surface area contributed by atoms with Crippen molar-refractivity contribution < 1.29 is 4.42 Å². The fourth-order valence-electron chi connectivity index (χ4n) is 1.37. The molecular weight excluding hydrogens is 162 g/mol. The molecule has 1 aromatic heterocycles. The van der Waals surface area contributed by atoms with Gasteiger partial charge < -0.3 is 10.2 Å². The van der Waals surface area contributed by atoms with E-state index < -0.39 is 0 Å². The first-order valence-electron chi connectivity index (χ1n) is 4.46. The SMILES string of the molecule is CC(C)c1cc2cc(N)ccc2o1. The molecule has 0 atom stereocenters. The van der Waals surface area contributed by atoms with Gasteiger partial charge in [0.05, 0.1) is 0 Å². The molecule has 0 saturated carbocycles. The van der Waals surface area contributed by atoms with Crippen LogP contribution < -0.4 is 5.73 Å². The van der Waals surface area contributed by atoms with Crippen LogP contribution in [0.4, 0.5) is 5.69 Å². The van der Waals surface area contributed by atoms with Gasteiger partial charge in [-0.25, -0.2) is 0 Å².